The molecule has 0 spiro atoms. The molecule has 23 heavy (non-hydrogen) atoms. The first-order valence-corrected chi connectivity index (χ1v) is 8.67. The van der Waals surface area contributed by atoms with Crippen molar-refractivity contribution in [2.75, 3.05) is 61.8 Å². The Morgan fingerprint density at radius 3 is 2.13 bits per heavy atom. The predicted molar refractivity (Wildman–Crippen MR) is 98.0 cm³/mol. The van der Waals surface area contributed by atoms with Gasteiger partial charge in [-0.15, -0.1) is 0 Å². The van der Waals surface area contributed by atoms with E-state index in [1.807, 2.05) is 0 Å². The molecular formula is C17H32N6. The minimum absolute atomic E-state index is 0.565. The number of nitrogen functional groups attached to an aromatic ring is 1. The summed E-state index contributed by atoms with van der Waals surface area (Å²) in [5.41, 5.74) is 7.20. The maximum absolute atomic E-state index is 6.48. The monoisotopic (exact) mass is 320 g/mol. The fourth-order valence-electron chi connectivity index (χ4n) is 3.03. The second-order valence-corrected chi connectivity index (χ2v) is 7.42. The van der Waals surface area contributed by atoms with E-state index in [1.165, 1.54) is 0 Å². The highest BCUT2D eigenvalue weighted by molar-refractivity contribution is 5.75. The maximum Gasteiger partial charge on any atom is 0.157 e. The van der Waals surface area contributed by atoms with Gasteiger partial charge in [0.25, 0.3) is 0 Å². The van der Waals surface area contributed by atoms with E-state index in [2.05, 4.69) is 59.4 Å². The van der Waals surface area contributed by atoms with E-state index in [9.17, 15) is 0 Å². The molecule has 6 nitrogen and oxygen atoms in total. The Kier molecular flexibility index (Phi) is 6.04. The van der Waals surface area contributed by atoms with Crippen molar-refractivity contribution >= 4 is 17.3 Å². The fourth-order valence-corrected chi connectivity index (χ4v) is 3.03. The lowest BCUT2D eigenvalue weighted by atomic mass is 10.1. The zero-order valence-corrected chi connectivity index (χ0v) is 15.3. The fraction of sp³-hybridized carbons (Fsp3) is 0.765. The molecule has 0 aromatic carbocycles. The lowest BCUT2D eigenvalue weighted by molar-refractivity contribution is 0.312. The highest BCUT2D eigenvalue weighted by atomic mass is 15.3. The highest BCUT2D eigenvalue weighted by Crippen LogP contribution is 2.30. The summed E-state index contributed by atoms with van der Waals surface area (Å²) in [6.45, 7) is 14.8. The minimum Gasteiger partial charge on any atom is -0.393 e. The van der Waals surface area contributed by atoms with E-state index >= 15 is 0 Å². The van der Waals surface area contributed by atoms with Crippen LogP contribution in [0, 0.1) is 11.8 Å². The third kappa shape index (κ3) is 4.70. The Morgan fingerprint density at radius 1 is 1.04 bits per heavy atom. The molecule has 2 heterocycles. The molecule has 0 bridgehead atoms. The molecule has 1 aliphatic heterocycles. The van der Waals surface area contributed by atoms with Crippen LogP contribution in [0.2, 0.25) is 0 Å². The van der Waals surface area contributed by atoms with E-state index in [0.29, 0.717) is 11.8 Å². The lowest BCUT2D eigenvalue weighted by Gasteiger charge is -2.35. The van der Waals surface area contributed by atoms with Crippen LogP contribution >= 0.6 is 0 Å². The van der Waals surface area contributed by atoms with Gasteiger partial charge in [-0.3, -0.25) is 0 Å². The minimum atomic E-state index is 0.565. The van der Waals surface area contributed by atoms with Crippen LogP contribution in [0.5, 0.6) is 0 Å². The number of hydrogen-bond acceptors (Lipinski definition) is 6. The molecule has 0 aliphatic carbocycles. The van der Waals surface area contributed by atoms with Gasteiger partial charge in [0.05, 0.1) is 0 Å². The number of anilines is 3. The quantitative estimate of drug-likeness (QED) is 0.864. The van der Waals surface area contributed by atoms with Gasteiger partial charge in [0.1, 0.15) is 12.0 Å². The van der Waals surface area contributed by atoms with Crippen molar-refractivity contribution in [3.8, 4) is 0 Å². The number of nitrogens with zero attached hydrogens (tertiary/aromatic N) is 5. The number of rotatable bonds is 6. The van der Waals surface area contributed by atoms with Gasteiger partial charge in [-0.05, 0) is 18.9 Å². The number of hydrogen-bond donors (Lipinski definition) is 1. The van der Waals surface area contributed by atoms with Crippen molar-refractivity contribution in [3.63, 3.8) is 0 Å². The lowest BCUT2D eigenvalue weighted by Crippen LogP contribution is -2.45. The van der Waals surface area contributed by atoms with Gasteiger partial charge in [-0.25, -0.2) is 9.97 Å². The first-order valence-electron chi connectivity index (χ1n) is 8.67. The molecule has 0 atom stereocenters. The average Bonchev–Trinajstić information content (AvgIpc) is 2.47. The van der Waals surface area contributed by atoms with Gasteiger partial charge < -0.3 is 20.4 Å². The predicted octanol–water partition coefficient (Wildman–Crippen LogP) is 1.93. The summed E-state index contributed by atoms with van der Waals surface area (Å²) >= 11 is 0. The Bertz CT molecular complexity index is 484. The van der Waals surface area contributed by atoms with Gasteiger partial charge in [0.15, 0.2) is 11.6 Å². The van der Waals surface area contributed by atoms with E-state index in [4.69, 9.17) is 5.73 Å². The first-order chi connectivity index (χ1) is 10.9. The van der Waals surface area contributed by atoms with Crippen LogP contribution in [0.3, 0.4) is 0 Å². The molecule has 2 rings (SSSR count). The van der Waals surface area contributed by atoms with Gasteiger partial charge in [0, 0.05) is 39.3 Å². The average molecular weight is 320 g/mol. The highest BCUT2D eigenvalue weighted by Gasteiger charge is 2.22. The SMILES string of the molecule is CC(C)CN(CC(C)C)c1ncnc(N2CCN(C)CC2)c1N. The third-order valence-electron chi connectivity index (χ3n) is 4.12. The molecule has 130 valence electrons. The van der Waals surface area contributed by atoms with Crippen molar-refractivity contribution in [2.45, 2.75) is 27.7 Å². The van der Waals surface area contributed by atoms with Crippen molar-refractivity contribution in [3.05, 3.63) is 6.33 Å². The van der Waals surface area contributed by atoms with Crippen molar-refractivity contribution in [1.29, 1.82) is 0 Å². The van der Waals surface area contributed by atoms with E-state index < -0.39 is 0 Å². The molecule has 0 unspecified atom stereocenters. The summed E-state index contributed by atoms with van der Waals surface area (Å²) in [6.07, 6.45) is 1.66. The Morgan fingerprint density at radius 2 is 1.61 bits per heavy atom. The third-order valence-corrected chi connectivity index (χ3v) is 4.12. The van der Waals surface area contributed by atoms with Crippen molar-refractivity contribution in [1.82, 2.24) is 14.9 Å². The van der Waals surface area contributed by atoms with Crippen LogP contribution in [-0.4, -0.2) is 61.2 Å². The van der Waals surface area contributed by atoms with Crippen LogP contribution in [0.15, 0.2) is 6.33 Å². The zero-order valence-electron chi connectivity index (χ0n) is 15.3. The summed E-state index contributed by atoms with van der Waals surface area (Å²) in [4.78, 5) is 15.9. The largest absolute Gasteiger partial charge is 0.393 e. The molecule has 1 aromatic heterocycles. The molecule has 2 N–H and O–H groups in total. The van der Waals surface area contributed by atoms with Gasteiger partial charge in [-0.2, -0.15) is 0 Å². The number of likely N-dealkylation sites (N-methyl/N-ethyl adjacent to an activating group) is 1. The summed E-state index contributed by atoms with van der Waals surface area (Å²) in [6, 6.07) is 0. The molecule has 0 amide bonds. The van der Waals surface area contributed by atoms with Crippen LogP contribution < -0.4 is 15.5 Å². The summed E-state index contributed by atoms with van der Waals surface area (Å²) in [5, 5.41) is 0. The molecular weight excluding hydrogens is 288 g/mol. The molecule has 1 aromatic rings. The molecule has 0 radical (unpaired) electrons. The summed E-state index contributed by atoms with van der Waals surface area (Å²) < 4.78 is 0. The van der Waals surface area contributed by atoms with Gasteiger partial charge >= 0.3 is 0 Å². The van der Waals surface area contributed by atoms with Crippen molar-refractivity contribution < 1.29 is 0 Å². The molecule has 6 heteroatoms. The Hall–Kier alpha value is -1.56. The molecule has 1 fully saturated rings. The zero-order chi connectivity index (χ0) is 17.0. The van der Waals surface area contributed by atoms with Crippen LogP contribution in [0.4, 0.5) is 17.3 Å². The van der Waals surface area contributed by atoms with Gasteiger partial charge in [0.2, 0.25) is 0 Å². The van der Waals surface area contributed by atoms with Crippen molar-refractivity contribution in [2.24, 2.45) is 11.8 Å². The van der Waals surface area contributed by atoms with E-state index in [1.54, 1.807) is 6.33 Å². The summed E-state index contributed by atoms with van der Waals surface area (Å²) in [5.74, 6) is 2.90. The standard InChI is InChI=1S/C17H32N6/c1-13(2)10-23(11-14(3)4)17-15(18)16(19-12-20-17)22-8-6-21(5)7-9-22/h12-14H,6-11,18H2,1-5H3. The maximum atomic E-state index is 6.48. The molecule has 1 saturated heterocycles. The first kappa shape index (κ1) is 17.8. The van der Waals surface area contributed by atoms with Crippen LogP contribution in [0.25, 0.3) is 0 Å². The van der Waals surface area contributed by atoms with Crippen LogP contribution in [-0.2, 0) is 0 Å². The van der Waals surface area contributed by atoms with Gasteiger partial charge in [-0.1, -0.05) is 27.7 Å². The normalized spacial score (nSPS) is 16.4. The number of piperazine rings is 1. The second kappa shape index (κ2) is 7.81. The second-order valence-electron chi connectivity index (χ2n) is 7.42. The van der Waals surface area contributed by atoms with Crippen LogP contribution in [0.1, 0.15) is 27.7 Å². The molecule has 1 aliphatic rings. The smallest absolute Gasteiger partial charge is 0.157 e. The summed E-state index contributed by atoms with van der Waals surface area (Å²) in [7, 11) is 2.15. The number of aromatic nitrogens is 2. The Balaban J connectivity index is 2.25. The number of nitrogens with two attached hydrogens (primary N) is 1. The Labute approximate surface area is 140 Å². The van der Waals surface area contributed by atoms with E-state index in [0.717, 1.165) is 56.6 Å². The van der Waals surface area contributed by atoms with E-state index in [-0.39, 0.29) is 0 Å². The topological polar surface area (TPSA) is 61.5 Å². The molecule has 0 saturated carbocycles.